The fraction of sp³-hybridized carbons (Fsp3) is 0.462. The summed E-state index contributed by atoms with van der Waals surface area (Å²) >= 11 is 0. The van der Waals surface area contributed by atoms with Gasteiger partial charge in [0.2, 0.25) is 0 Å². The van der Waals surface area contributed by atoms with Crippen LogP contribution < -0.4 is 5.73 Å². The number of nitrogens with two attached hydrogens (primary N) is 1. The molecule has 0 bridgehead atoms. The highest BCUT2D eigenvalue weighted by Crippen LogP contribution is 2.42. The Kier molecular flexibility index (Phi) is 3.63. The summed E-state index contributed by atoms with van der Waals surface area (Å²) in [5, 5.41) is 20.6. The molecule has 1 aromatic rings. The highest BCUT2D eigenvalue weighted by atomic mass is 16.6. The van der Waals surface area contributed by atoms with Gasteiger partial charge in [0.15, 0.2) is 0 Å². The van der Waals surface area contributed by atoms with Gasteiger partial charge in [-0.15, -0.1) is 0 Å². The number of aliphatic carboxylic acids is 1. The number of para-hydroxylation sites is 1. The number of carbonyl (C=O) groups is 1. The third kappa shape index (κ3) is 2.20. The molecule has 1 aliphatic rings. The number of rotatable bonds is 3. The van der Waals surface area contributed by atoms with Crippen LogP contribution >= 0.6 is 0 Å². The van der Waals surface area contributed by atoms with Crippen LogP contribution in [0.2, 0.25) is 0 Å². The molecule has 7 nitrogen and oxygen atoms in total. The Morgan fingerprint density at radius 3 is 2.85 bits per heavy atom. The van der Waals surface area contributed by atoms with E-state index in [1.807, 2.05) is 0 Å². The van der Waals surface area contributed by atoms with Crippen molar-refractivity contribution in [3.63, 3.8) is 0 Å². The standard InChI is InChI=1S/C13H16N2O5/c1-8-7-13(12(16)17,5-6-20-8)9-3-2-4-10(11(9)14)15(18)19/h2-4,8H,5-7,14H2,1H3,(H,16,17). The van der Waals surface area contributed by atoms with Crippen LogP contribution in [-0.2, 0) is 14.9 Å². The van der Waals surface area contributed by atoms with Crippen LogP contribution in [-0.4, -0.2) is 28.7 Å². The molecule has 0 aromatic heterocycles. The molecule has 3 N–H and O–H groups in total. The van der Waals surface area contributed by atoms with Gasteiger partial charge in [-0.2, -0.15) is 0 Å². The Hall–Kier alpha value is -2.15. The number of carboxylic acid groups (broad SMARTS) is 1. The summed E-state index contributed by atoms with van der Waals surface area (Å²) < 4.78 is 5.38. The van der Waals surface area contributed by atoms with E-state index in [9.17, 15) is 20.0 Å². The number of benzene rings is 1. The molecular formula is C13H16N2O5. The zero-order valence-corrected chi connectivity index (χ0v) is 11.0. The molecule has 108 valence electrons. The first-order chi connectivity index (χ1) is 9.38. The normalized spacial score (nSPS) is 26.1. The number of nitrogens with zero attached hydrogens (tertiary/aromatic N) is 1. The zero-order chi connectivity index (χ0) is 14.9. The molecule has 2 atom stereocenters. The lowest BCUT2D eigenvalue weighted by atomic mass is 9.71. The summed E-state index contributed by atoms with van der Waals surface area (Å²) in [7, 11) is 0. The molecule has 1 aliphatic heterocycles. The fourth-order valence-corrected chi connectivity index (χ4v) is 2.77. The van der Waals surface area contributed by atoms with Crippen molar-refractivity contribution in [2.24, 2.45) is 0 Å². The van der Waals surface area contributed by atoms with Gasteiger partial charge < -0.3 is 15.6 Å². The lowest BCUT2D eigenvalue weighted by molar-refractivity contribution is -0.384. The topological polar surface area (TPSA) is 116 Å². The molecule has 0 spiro atoms. The number of carboxylic acids is 1. The van der Waals surface area contributed by atoms with E-state index >= 15 is 0 Å². The second kappa shape index (κ2) is 5.09. The third-order valence-electron chi connectivity index (χ3n) is 3.77. The lowest BCUT2D eigenvalue weighted by Crippen LogP contribution is -2.44. The van der Waals surface area contributed by atoms with E-state index < -0.39 is 16.3 Å². The monoisotopic (exact) mass is 280 g/mol. The molecule has 0 radical (unpaired) electrons. The summed E-state index contributed by atoms with van der Waals surface area (Å²) in [6.07, 6.45) is 0.254. The Bertz CT molecular complexity index is 560. The summed E-state index contributed by atoms with van der Waals surface area (Å²) in [5.74, 6) is -1.03. The minimum absolute atomic E-state index is 0.0750. The lowest BCUT2D eigenvalue weighted by Gasteiger charge is -2.37. The average molecular weight is 280 g/mol. The van der Waals surface area contributed by atoms with E-state index in [4.69, 9.17) is 10.5 Å². The zero-order valence-electron chi connectivity index (χ0n) is 11.0. The maximum atomic E-state index is 11.8. The Morgan fingerprint density at radius 2 is 2.30 bits per heavy atom. The van der Waals surface area contributed by atoms with Gasteiger partial charge in [-0.25, -0.2) is 0 Å². The summed E-state index contributed by atoms with van der Waals surface area (Å²) in [6.45, 7) is 2.07. The molecule has 20 heavy (non-hydrogen) atoms. The van der Waals surface area contributed by atoms with Gasteiger partial charge >= 0.3 is 5.97 Å². The maximum absolute atomic E-state index is 11.8. The first-order valence-electron chi connectivity index (χ1n) is 6.27. The van der Waals surface area contributed by atoms with Crippen molar-refractivity contribution in [2.45, 2.75) is 31.3 Å². The molecule has 0 saturated carbocycles. The molecule has 1 heterocycles. The number of nitro benzene ring substituents is 1. The largest absolute Gasteiger partial charge is 0.481 e. The van der Waals surface area contributed by atoms with Gasteiger partial charge in [0.05, 0.1) is 16.4 Å². The summed E-state index contributed by atoms with van der Waals surface area (Å²) in [6, 6.07) is 4.29. The summed E-state index contributed by atoms with van der Waals surface area (Å²) in [4.78, 5) is 22.1. The van der Waals surface area contributed by atoms with Crippen LogP contribution in [0.15, 0.2) is 18.2 Å². The van der Waals surface area contributed by atoms with Crippen LogP contribution in [0.5, 0.6) is 0 Å². The molecule has 1 aromatic carbocycles. The minimum atomic E-state index is -1.23. The van der Waals surface area contributed by atoms with E-state index in [-0.39, 0.29) is 36.9 Å². The average Bonchev–Trinajstić information content (AvgIpc) is 2.38. The predicted octanol–water partition coefficient (Wildman–Crippen LogP) is 1.70. The van der Waals surface area contributed by atoms with Crippen LogP contribution in [0.25, 0.3) is 0 Å². The number of anilines is 1. The van der Waals surface area contributed by atoms with Crippen LogP contribution in [0.4, 0.5) is 11.4 Å². The minimum Gasteiger partial charge on any atom is -0.481 e. The molecule has 1 fully saturated rings. The van der Waals surface area contributed by atoms with E-state index in [1.54, 1.807) is 13.0 Å². The van der Waals surface area contributed by atoms with Crippen molar-refractivity contribution in [3.8, 4) is 0 Å². The van der Waals surface area contributed by atoms with E-state index in [1.165, 1.54) is 12.1 Å². The van der Waals surface area contributed by atoms with Crippen molar-refractivity contribution in [2.75, 3.05) is 12.3 Å². The molecule has 2 unspecified atom stereocenters. The predicted molar refractivity (Wildman–Crippen MR) is 71.5 cm³/mol. The van der Waals surface area contributed by atoms with Gasteiger partial charge in [-0.05, 0) is 25.3 Å². The van der Waals surface area contributed by atoms with Gasteiger partial charge in [0, 0.05) is 12.7 Å². The van der Waals surface area contributed by atoms with Crippen LogP contribution in [0, 0.1) is 10.1 Å². The number of nitrogen functional groups attached to an aromatic ring is 1. The van der Waals surface area contributed by atoms with Gasteiger partial charge in [-0.1, -0.05) is 12.1 Å². The number of ether oxygens (including phenoxy) is 1. The smallest absolute Gasteiger partial charge is 0.314 e. The van der Waals surface area contributed by atoms with Crippen molar-refractivity contribution in [1.29, 1.82) is 0 Å². The second-order valence-electron chi connectivity index (χ2n) is 5.02. The fourth-order valence-electron chi connectivity index (χ4n) is 2.77. The molecule has 2 rings (SSSR count). The third-order valence-corrected chi connectivity index (χ3v) is 3.77. The maximum Gasteiger partial charge on any atom is 0.314 e. The van der Waals surface area contributed by atoms with Gasteiger partial charge in [-0.3, -0.25) is 14.9 Å². The van der Waals surface area contributed by atoms with E-state index in [0.717, 1.165) is 0 Å². The molecule has 7 heteroatoms. The van der Waals surface area contributed by atoms with Crippen LogP contribution in [0.1, 0.15) is 25.3 Å². The van der Waals surface area contributed by atoms with E-state index in [0.29, 0.717) is 5.56 Å². The van der Waals surface area contributed by atoms with Crippen molar-refractivity contribution >= 4 is 17.3 Å². The quantitative estimate of drug-likeness (QED) is 0.494. The molecule has 1 saturated heterocycles. The van der Waals surface area contributed by atoms with Crippen molar-refractivity contribution < 1.29 is 19.6 Å². The highest BCUT2D eigenvalue weighted by Gasteiger charge is 2.46. The molecule has 0 aliphatic carbocycles. The number of hydrogen-bond donors (Lipinski definition) is 2. The van der Waals surface area contributed by atoms with Gasteiger partial charge in [0.25, 0.3) is 5.69 Å². The SMILES string of the molecule is CC1CC(C(=O)O)(c2cccc([N+](=O)[O-])c2N)CCO1. The van der Waals surface area contributed by atoms with Gasteiger partial charge in [0.1, 0.15) is 5.69 Å². The summed E-state index contributed by atoms with van der Waals surface area (Å²) in [5.41, 5.74) is 4.57. The Morgan fingerprint density at radius 1 is 1.60 bits per heavy atom. The molecular weight excluding hydrogens is 264 g/mol. The first-order valence-corrected chi connectivity index (χ1v) is 6.27. The van der Waals surface area contributed by atoms with E-state index in [2.05, 4.69) is 0 Å². The first kappa shape index (κ1) is 14.3. The van der Waals surface area contributed by atoms with Crippen molar-refractivity contribution in [1.82, 2.24) is 0 Å². The van der Waals surface area contributed by atoms with Crippen molar-refractivity contribution in [3.05, 3.63) is 33.9 Å². The molecule has 0 amide bonds. The Balaban J connectivity index is 2.59. The second-order valence-corrected chi connectivity index (χ2v) is 5.02. The Labute approximate surface area is 115 Å². The number of hydrogen-bond acceptors (Lipinski definition) is 5. The van der Waals surface area contributed by atoms with Crippen LogP contribution in [0.3, 0.4) is 0 Å². The highest BCUT2D eigenvalue weighted by molar-refractivity contribution is 5.85. The number of nitro groups is 1.